The third-order valence-corrected chi connectivity index (χ3v) is 4.41. The molecule has 0 aromatic heterocycles. The topological polar surface area (TPSA) is 93.7 Å². The van der Waals surface area contributed by atoms with Crippen LogP contribution in [0, 0.1) is 0 Å². The smallest absolute Gasteiger partial charge is 0.410 e. The molecule has 2 rings (SSSR count). The van der Waals surface area contributed by atoms with Crippen molar-refractivity contribution in [2.45, 2.75) is 45.9 Å². The number of nitrogens with one attached hydrogen (secondary N) is 2. The normalized spacial score (nSPS) is 14.6. The largest absolute Gasteiger partial charge is 0.496 e. The Morgan fingerprint density at radius 3 is 2.23 bits per heavy atom. The molecule has 1 aliphatic heterocycles. The molecule has 1 saturated heterocycles. The molecule has 0 aliphatic carbocycles. The molecule has 1 amide bonds. The van der Waals surface area contributed by atoms with Gasteiger partial charge in [0.1, 0.15) is 11.4 Å². The van der Waals surface area contributed by atoms with Gasteiger partial charge in [-0.25, -0.2) is 9.79 Å². The molecule has 0 unspecified atom stereocenters. The Morgan fingerprint density at radius 2 is 1.70 bits per heavy atom. The maximum absolute atomic E-state index is 12.1. The van der Waals surface area contributed by atoms with Gasteiger partial charge in [0.25, 0.3) is 0 Å². The fourth-order valence-electron chi connectivity index (χ4n) is 2.94. The van der Waals surface area contributed by atoms with E-state index in [1.807, 2.05) is 33.8 Å². The first-order valence-corrected chi connectivity index (χ1v) is 10.0. The van der Waals surface area contributed by atoms with Crippen molar-refractivity contribution in [3.05, 3.63) is 17.7 Å². The maximum atomic E-state index is 12.1. The summed E-state index contributed by atoms with van der Waals surface area (Å²) < 4.78 is 21.6. The van der Waals surface area contributed by atoms with E-state index in [1.54, 1.807) is 32.3 Å². The number of carbonyl (C=O) groups excluding carboxylic acids is 1. The summed E-state index contributed by atoms with van der Waals surface area (Å²) in [6, 6.07) is 3.76. The van der Waals surface area contributed by atoms with E-state index in [4.69, 9.17) is 18.9 Å². The predicted molar refractivity (Wildman–Crippen MR) is 116 cm³/mol. The number of benzene rings is 1. The molecular formula is C21H34N4O5. The van der Waals surface area contributed by atoms with E-state index in [0.29, 0.717) is 42.8 Å². The van der Waals surface area contributed by atoms with Crippen molar-refractivity contribution in [1.82, 2.24) is 15.5 Å². The van der Waals surface area contributed by atoms with Crippen LogP contribution >= 0.6 is 0 Å². The lowest BCUT2D eigenvalue weighted by molar-refractivity contribution is 0.00700. The van der Waals surface area contributed by atoms with Gasteiger partial charge in [0.05, 0.1) is 33.9 Å². The van der Waals surface area contributed by atoms with E-state index in [-0.39, 0.29) is 12.1 Å². The molecular weight excluding hydrogens is 388 g/mol. The minimum atomic E-state index is -0.496. The number of ether oxygens (including phenoxy) is 4. The summed E-state index contributed by atoms with van der Waals surface area (Å²) in [5.41, 5.74) is 0.376. The Bertz CT molecular complexity index is 754. The average molecular weight is 423 g/mol. The number of nitrogens with zero attached hydrogens (tertiary/aromatic N) is 2. The number of carbonyl (C=O) groups is 1. The summed E-state index contributed by atoms with van der Waals surface area (Å²) in [5.74, 6) is 2.56. The van der Waals surface area contributed by atoms with Crippen LogP contribution in [0.3, 0.4) is 0 Å². The van der Waals surface area contributed by atoms with E-state index in [9.17, 15) is 4.79 Å². The first-order valence-electron chi connectivity index (χ1n) is 10.0. The van der Waals surface area contributed by atoms with Gasteiger partial charge in [-0.3, -0.25) is 0 Å². The predicted octanol–water partition coefficient (Wildman–Crippen LogP) is 2.39. The number of aliphatic imine (C=N–C) groups is 1. The lowest BCUT2D eigenvalue weighted by Gasteiger charge is -2.40. The molecule has 0 spiro atoms. The zero-order valence-corrected chi connectivity index (χ0v) is 19.0. The number of guanidine groups is 1. The van der Waals surface area contributed by atoms with Gasteiger partial charge < -0.3 is 34.5 Å². The minimum absolute atomic E-state index is 0.114. The number of hydrogen-bond acceptors (Lipinski definition) is 6. The number of methoxy groups -OCH3 is 3. The molecule has 1 fully saturated rings. The average Bonchev–Trinajstić information content (AvgIpc) is 2.65. The van der Waals surface area contributed by atoms with Crippen LogP contribution < -0.4 is 24.8 Å². The second-order valence-electron chi connectivity index (χ2n) is 7.94. The van der Waals surface area contributed by atoms with Crippen LogP contribution in [0.2, 0.25) is 0 Å². The van der Waals surface area contributed by atoms with Crippen LogP contribution in [0.5, 0.6) is 17.2 Å². The third-order valence-electron chi connectivity index (χ3n) is 4.41. The number of amides is 1. The molecule has 9 nitrogen and oxygen atoms in total. The summed E-state index contributed by atoms with van der Waals surface area (Å²) in [4.78, 5) is 18.4. The molecule has 2 N–H and O–H groups in total. The lowest BCUT2D eigenvalue weighted by Crippen LogP contribution is -2.63. The maximum Gasteiger partial charge on any atom is 0.410 e. The molecule has 1 aromatic rings. The van der Waals surface area contributed by atoms with Crippen LogP contribution in [-0.4, -0.2) is 69.6 Å². The van der Waals surface area contributed by atoms with E-state index in [1.165, 1.54) is 0 Å². The second-order valence-corrected chi connectivity index (χ2v) is 7.94. The summed E-state index contributed by atoms with van der Waals surface area (Å²) in [7, 11) is 4.79. The van der Waals surface area contributed by atoms with Gasteiger partial charge in [-0.2, -0.15) is 0 Å². The highest BCUT2D eigenvalue weighted by atomic mass is 16.6. The first-order chi connectivity index (χ1) is 14.2. The number of hydrogen-bond donors (Lipinski definition) is 2. The van der Waals surface area contributed by atoms with Gasteiger partial charge in [-0.15, -0.1) is 0 Å². The lowest BCUT2D eigenvalue weighted by atomic mass is 10.1. The molecule has 1 aromatic carbocycles. The highest BCUT2D eigenvalue weighted by Gasteiger charge is 2.34. The molecule has 9 heteroatoms. The van der Waals surface area contributed by atoms with Gasteiger partial charge in [0.2, 0.25) is 0 Å². The van der Waals surface area contributed by atoms with Crippen molar-refractivity contribution in [2.75, 3.05) is 41.0 Å². The Balaban J connectivity index is 2.01. The fraction of sp³-hybridized carbons (Fsp3) is 0.619. The van der Waals surface area contributed by atoms with E-state index < -0.39 is 5.60 Å². The fourth-order valence-corrected chi connectivity index (χ4v) is 2.94. The monoisotopic (exact) mass is 422 g/mol. The van der Waals surface area contributed by atoms with Crippen LogP contribution in [0.25, 0.3) is 0 Å². The molecule has 0 bridgehead atoms. The molecule has 1 aliphatic rings. The van der Waals surface area contributed by atoms with E-state index in [2.05, 4.69) is 15.6 Å². The Kier molecular flexibility index (Phi) is 8.02. The molecule has 0 radical (unpaired) electrons. The zero-order valence-electron chi connectivity index (χ0n) is 19.0. The number of rotatable bonds is 7. The van der Waals surface area contributed by atoms with Gasteiger partial charge in [0, 0.05) is 31.3 Å². The van der Waals surface area contributed by atoms with Crippen molar-refractivity contribution in [2.24, 2.45) is 4.99 Å². The van der Waals surface area contributed by atoms with Crippen molar-refractivity contribution in [3.63, 3.8) is 0 Å². The van der Waals surface area contributed by atoms with Gasteiger partial charge in [0.15, 0.2) is 17.5 Å². The van der Waals surface area contributed by atoms with Crippen molar-refractivity contribution < 1.29 is 23.7 Å². The molecule has 30 heavy (non-hydrogen) atoms. The third kappa shape index (κ3) is 6.33. The van der Waals surface area contributed by atoms with Crippen molar-refractivity contribution >= 4 is 12.1 Å². The Labute approximate surface area is 178 Å². The summed E-state index contributed by atoms with van der Waals surface area (Å²) in [6.45, 7) is 9.83. The second kappa shape index (κ2) is 10.3. The van der Waals surface area contributed by atoms with Crippen LogP contribution in [0.4, 0.5) is 4.79 Å². The quantitative estimate of drug-likeness (QED) is 0.515. The highest BCUT2D eigenvalue weighted by Crippen LogP contribution is 2.34. The van der Waals surface area contributed by atoms with Crippen molar-refractivity contribution in [3.8, 4) is 17.2 Å². The van der Waals surface area contributed by atoms with Gasteiger partial charge >= 0.3 is 6.09 Å². The molecule has 0 saturated carbocycles. The van der Waals surface area contributed by atoms with Crippen LogP contribution in [0.15, 0.2) is 17.1 Å². The van der Waals surface area contributed by atoms with Gasteiger partial charge in [-0.1, -0.05) is 0 Å². The molecule has 0 atom stereocenters. The zero-order chi connectivity index (χ0) is 22.3. The van der Waals surface area contributed by atoms with E-state index >= 15 is 0 Å². The highest BCUT2D eigenvalue weighted by molar-refractivity contribution is 5.80. The van der Waals surface area contributed by atoms with Gasteiger partial charge in [-0.05, 0) is 33.8 Å². The Morgan fingerprint density at radius 1 is 1.10 bits per heavy atom. The van der Waals surface area contributed by atoms with Crippen LogP contribution in [0.1, 0.15) is 33.3 Å². The Hall–Kier alpha value is -2.84. The molecule has 1 heterocycles. The van der Waals surface area contributed by atoms with E-state index in [0.717, 1.165) is 12.1 Å². The minimum Gasteiger partial charge on any atom is -0.496 e. The number of likely N-dealkylation sites (tertiary alicyclic amines) is 1. The molecule has 168 valence electrons. The SMILES string of the molecule is CCNC(=NCc1cc(OC)c(OC)cc1OC)NC1CN(C(=O)OC(C)(C)C)C1. The van der Waals surface area contributed by atoms with Crippen molar-refractivity contribution in [1.29, 1.82) is 0 Å². The van der Waals surface area contributed by atoms with Crippen LogP contribution in [-0.2, 0) is 11.3 Å². The standard InChI is InChI=1S/C21H34N4O5/c1-8-22-19(24-15-12-25(13-15)20(26)30-21(2,3)4)23-11-14-9-17(28-6)18(29-7)10-16(14)27-5/h9-10,15H,8,11-13H2,1-7H3,(H2,22,23,24). The summed E-state index contributed by atoms with van der Waals surface area (Å²) in [6.07, 6.45) is -0.294. The first kappa shape index (κ1) is 23.4. The summed E-state index contributed by atoms with van der Waals surface area (Å²) >= 11 is 0. The summed E-state index contributed by atoms with van der Waals surface area (Å²) in [5, 5.41) is 6.58.